The molecule has 0 N–H and O–H groups in total. The first-order chi connectivity index (χ1) is 27.4. The predicted octanol–water partition coefficient (Wildman–Crippen LogP) is 11.3. The summed E-state index contributed by atoms with van der Waals surface area (Å²) in [5.41, 5.74) is 5.20. The third kappa shape index (κ3) is 8.19. The summed E-state index contributed by atoms with van der Waals surface area (Å²) < 4.78 is 93.2. The molecule has 0 atom stereocenters. The molecule has 0 aliphatic rings. The Bertz CT molecular complexity index is 2540. The van der Waals surface area contributed by atoms with Crippen molar-refractivity contribution >= 4 is 35.2 Å². The van der Waals surface area contributed by atoms with Crippen LogP contribution in [0, 0.1) is 38.6 Å². The van der Waals surface area contributed by atoms with Crippen molar-refractivity contribution in [1.29, 1.82) is 0 Å². The van der Waals surface area contributed by atoms with Gasteiger partial charge < -0.3 is 14.4 Å². The molecule has 0 saturated heterocycles. The van der Waals surface area contributed by atoms with E-state index < -0.39 is 35.0 Å². The van der Waals surface area contributed by atoms with Crippen molar-refractivity contribution in [2.75, 3.05) is 0 Å². The zero-order chi connectivity index (χ0) is 43.3. The molecule has 0 fully saturated rings. The van der Waals surface area contributed by atoms with E-state index in [9.17, 15) is 0 Å². The monoisotopic (exact) mass is 848 g/mol. The second-order valence-corrected chi connectivity index (χ2v) is 18.1. The van der Waals surface area contributed by atoms with E-state index in [2.05, 4.69) is 47.8 Å². The van der Waals surface area contributed by atoms with Crippen LogP contribution in [0.2, 0.25) is 19.6 Å². The smallest absolute Gasteiger partial charge is 0.124 e. The summed E-state index contributed by atoms with van der Waals surface area (Å²) in [7, 11) is -1.34. The number of nitrogens with zero attached hydrogens (tertiary/aromatic N) is 2. The average Bonchev–Trinajstić information content (AvgIpc) is 3.55. The molecule has 0 aliphatic heterocycles. The largest absolute Gasteiger partial charge is 0.500 e. The van der Waals surface area contributed by atoms with E-state index in [1.807, 2.05) is 26.1 Å². The fourth-order valence-electron chi connectivity index (χ4n) is 5.46. The van der Waals surface area contributed by atoms with Crippen molar-refractivity contribution in [2.24, 2.45) is 5.92 Å². The van der Waals surface area contributed by atoms with Crippen molar-refractivity contribution in [3.63, 3.8) is 0 Å². The summed E-state index contributed by atoms with van der Waals surface area (Å²) >= 11 is 0. The van der Waals surface area contributed by atoms with Crippen LogP contribution in [0.5, 0.6) is 0 Å². The van der Waals surface area contributed by atoms with Gasteiger partial charge in [-0.25, -0.2) is 0 Å². The van der Waals surface area contributed by atoms with Gasteiger partial charge in [-0.1, -0.05) is 117 Å². The minimum Gasteiger partial charge on any atom is -0.500 e. The summed E-state index contributed by atoms with van der Waals surface area (Å²) in [6.07, 6.45) is 1.90. The Morgan fingerprint density at radius 3 is 2.22 bits per heavy atom. The summed E-state index contributed by atoms with van der Waals surface area (Å²) in [5.74, 6) is -0.257. The van der Waals surface area contributed by atoms with Crippen LogP contribution in [-0.2, 0) is 26.5 Å². The van der Waals surface area contributed by atoms with Gasteiger partial charge in [0.05, 0.1) is 13.7 Å². The van der Waals surface area contributed by atoms with Crippen LogP contribution in [0.4, 0.5) is 0 Å². The van der Waals surface area contributed by atoms with E-state index in [1.165, 1.54) is 23.4 Å². The van der Waals surface area contributed by atoms with E-state index in [0.717, 1.165) is 11.3 Å². The number of hydrogen-bond acceptors (Lipinski definition) is 3. The number of benzene rings is 4. The summed E-state index contributed by atoms with van der Waals surface area (Å²) in [4.78, 5) is 8.92. The third-order valence-corrected chi connectivity index (χ3v) is 10.0. The van der Waals surface area contributed by atoms with Gasteiger partial charge in [-0.2, -0.15) is 0 Å². The number of furan rings is 1. The Morgan fingerprint density at radius 2 is 1.57 bits per heavy atom. The van der Waals surface area contributed by atoms with Gasteiger partial charge in [-0.3, -0.25) is 0 Å². The summed E-state index contributed by atoms with van der Waals surface area (Å²) in [5, 5.41) is 2.61. The van der Waals surface area contributed by atoms with Crippen molar-refractivity contribution in [1.82, 2.24) is 9.97 Å². The van der Waals surface area contributed by atoms with Gasteiger partial charge in [0.25, 0.3) is 0 Å². The van der Waals surface area contributed by atoms with Gasteiger partial charge in [-0.05, 0) is 65.3 Å². The first kappa shape index (κ1) is 24.1. The van der Waals surface area contributed by atoms with Crippen molar-refractivity contribution in [3.05, 3.63) is 138 Å². The topological polar surface area (TPSA) is 38.9 Å². The van der Waals surface area contributed by atoms with E-state index in [4.69, 9.17) is 19.5 Å². The molecule has 0 saturated carbocycles. The van der Waals surface area contributed by atoms with Crippen LogP contribution in [0.1, 0.15) is 51.2 Å². The minimum atomic E-state index is -2.53. The number of pyridine rings is 2. The van der Waals surface area contributed by atoms with Crippen LogP contribution < -0.4 is 5.19 Å². The molecule has 3 nitrogen and oxygen atoms in total. The fraction of sp³-hybridized carbons (Fsp3) is 0.227. The Labute approximate surface area is 321 Å². The summed E-state index contributed by atoms with van der Waals surface area (Å²) in [6.45, 7) is 3.60. The van der Waals surface area contributed by atoms with Gasteiger partial charge in [0.2, 0.25) is 0 Å². The van der Waals surface area contributed by atoms with E-state index >= 15 is 0 Å². The summed E-state index contributed by atoms with van der Waals surface area (Å²) in [6, 6.07) is 31.7. The Balaban J connectivity index is 0.000000274. The Hall–Kier alpha value is -4.15. The molecule has 7 rings (SSSR count). The van der Waals surface area contributed by atoms with Crippen molar-refractivity contribution < 1.29 is 39.6 Å². The third-order valence-electron chi connectivity index (χ3n) is 7.99. The van der Waals surface area contributed by atoms with E-state index in [-0.39, 0.29) is 42.7 Å². The molecule has 0 amide bonds. The second-order valence-electron chi connectivity index (χ2n) is 13.0. The SMILES string of the molecule is [2H]C([2H])([2H])c1c[c-]c(-c2ccc([Si](C)(C)C)cn2)cc1.[2H]C([2H])([2H])c1ccc(-c2ccc3c(oc4c(-c5cc(C([2H])([2H])C(C)C)ccn5)[c-]ccc43)c2C([2H])([2H])[2H])cc1.[Ir]. The molecule has 4 aromatic carbocycles. The van der Waals surface area contributed by atoms with Gasteiger partial charge in [0, 0.05) is 53.0 Å². The molecule has 7 aromatic rings. The first-order valence-electron chi connectivity index (χ1n) is 21.3. The van der Waals surface area contributed by atoms with Gasteiger partial charge >= 0.3 is 0 Å². The molecule has 0 bridgehead atoms. The number of fused-ring (bicyclic) bond motifs is 3. The molecular weight excluding hydrogens is 793 g/mol. The number of aryl methyl sites for hydroxylation is 3. The van der Waals surface area contributed by atoms with Crippen molar-refractivity contribution in [2.45, 2.75) is 60.4 Å². The molecule has 251 valence electrons. The maximum Gasteiger partial charge on any atom is 0.124 e. The van der Waals surface area contributed by atoms with Gasteiger partial charge in [-0.15, -0.1) is 53.6 Å². The maximum absolute atomic E-state index is 8.49. The molecule has 5 heteroatoms. The molecule has 0 spiro atoms. The van der Waals surface area contributed by atoms with Crippen molar-refractivity contribution in [3.8, 4) is 33.6 Å². The molecule has 0 unspecified atom stereocenters. The van der Waals surface area contributed by atoms with Crippen LogP contribution in [-0.4, -0.2) is 18.0 Å². The van der Waals surface area contributed by atoms with Gasteiger partial charge in [0.15, 0.2) is 0 Å². The minimum absolute atomic E-state index is 0. The van der Waals surface area contributed by atoms with Crippen LogP contribution >= 0.6 is 0 Å². The van der Waals surface area contributed by atoms with Crippen LogP contribution in [0.15, 0.2) is 108 Å². The maximum atomic E-state index is 8.49. The van der Waals surface area contributed by atoms with Crippen LogP contribution in [0.25, 0.3) is 55.6 Å². The molecule has 1 radical (unpaired) electrons. The number of hydrogen-bond donors (Lipinski definition) is 0. The standard InChI is InChI=1S/C29H26NO.C15H18NSi.Ir/c1-18(2)16-21-14-15-30-27(17-21)26-7-5-6-24-25-13-12-23(20(4)28(25)31-29(24)26)22-10-8-19(3)9-11-22;1-12-5-7-13(8-6-12)15-10-9-14(11-16-15)17(2,3)4;/h5-6,8-15,17-18H,16H2,1-4H3;5-7,9-11H,1-4H3;/q2*-1;/i3D3,4D3,16D2;1D3;. The van der Waals surface area contributed by atoms with E-state index in [0.29, 0.717) is 49.9 Å². The fourth-order valence-corrected chi connectivity index (χ4v) is 6.49. The number of aromatic nitrogens is 2. The molecule has 49 heavy (non-hydrogen) atoms. The quantitative estimate of drug-likeness (QED) is 0.124. The second kappa shape index (κ2) is 15.2. The first-order valence-corrected chi connectivity index (χ1v) is 19.3. The zero-order valence-electron chi connectivity index (χ0n) is 39.0. The molecular formula is C44H44IrN2OSi-2. The Kier molecular flexibility index (Phi) is 7.45. The zero-order valence-corrected chi connectivity index (χ0v) is 31.4. The Morgan fingerprint density at radius 1 is 0.796 bits per heavy atom. The average molecular weight is 848 g/mol. The molecule has 0 aliphatic carbocycles. The van der Waals surface area contributed by atoms with E-state index in [1.54, 1.807) is 66.9 Å². The predicted molar refractivity (Wildman–Crippen MR) is 205 cm³/mol. The number of rotatable bonds is 6. The molecule has 3 aromatic heterocycles. The van der Waals surface area contributed by atoms with Crippen LogP contribution in [0.3, 0.4) is 0 Å². The van der Waals surface area contributed by atoms with Gasteiger partial charge in [0.1, 0.15) is 5.58 Å². The normalized spacial score (nSPS) is 15.8. The molecule has 3 heterocycles.